The van der Waals surface area contributed by atoms with Crippen molar-refractivity contribution in [2.24, 2.45) is 0 Å². The molecule has 5 heteroatoms. The van der Waals surface area contributed by atoms with Crippen LogP contribution in [0.1, 0.15) is 29.8 Å². The van der Waals surface area contributed by atoms with Gasteiger partial charge in [-0.15, -0.1) is 0 Å². The number of piperazine rings is 1. The predicted octanol–water partition coefficient (Wildman–Crippen LogP) is 4.25. The van der Waals surface area contributed by atoms with E-state index in [2.05, 4.69) is 58.1 Å². The SMILES string of the molecule is CCN1CCN(C(c2ccc(-c3ccc(F)cc3)cc2)c2cn[nH]c2C)CC1. The summed E-state index contributed by atoms with van der Waals surface area (Å²) in [5, 5.41) is 7.37. The maximum absolute atomic E-state index is 13.2. The van der Waals surface area contributed by atoms with E-state index in [-0.39, 0.29) is 11.9 Å². The number of halogens is 1. The van der Waals surface area contributed by atoms with Crippen molar-refractivity contribution < 1.29 is 4.39 Å². The van der Waals surface area contributed by atoms with Crippen molar-refractivity contribution in [2.45, 2.75) is 19.9 Å². The van der Waals surface area contributed by atoms with Crippen LogP contribution in [-0.4, -0.2) is 52.7 Å². The third-order valence-corrected chi connectivity index (χ3v) is 5.79. The minimum atomic E-state index is -0.206. The van der Waals surface area contributed by atoms with Gasteiger partial charge in [0, 0.05) is 37.4 Å². The largest absolute Gasteiger partial charge is 0.301 e. The van der Waals surface area contributed by atoms with E-state index in [1.165, 1.54) is 23.3 Å². The zero-order valence-electron chi connectivity index (χ0n) is 16.5. The first kappa shape index (κ1) is 18.8. The first-order valence-electron chi connectivity index (χ1n) is 9.98. The van der Waals surface area contributed by atoms with Gasteiger partial charge < -0.3 is 4.90 Å². The molecule has 2 heterocycles. The summed E-state index contributed by atoms with van der Waals surface area (Å²) in [6.45, 7) is 9.70. The summed E-state index contributed by atoms with van der Waals surface area (Å²) < 4.78 is 13.2. The van der Waals surface area contributed by atoms with Crippen LogP contribution in [0.25, 0.3) is 11.1 Å². The van der Waals surface area contributed by atoms with Gasteiger partial charge in [-0.3, -0.25) is 10.00 Å². The number of H-pyrrole nitrogens is 1. The molecule has 0 aliphatic carbocycles. The molecule has 2 aromatic carbocycles. The maximum atomic E-state index is 13.2. The highest BCUT2D eigenvalue weighted by Crippen LogP contribution is 2.32. The molecule has 1 aliphatic rings. The van der Waals surface area contributed by atoms with Crippen LogP contribution in [-0.2, 0) is 0 Å². The van der Waals surface area contributed by atoms with Crippen LogP contribution in [0.4, 0.5) is 4.39 Å². The van der Waals surface area contributed by atoms with Crippen molar-refractivity contribution in [3.63, 3.8) is 0 Å². The highest BCUT2D eigenvalue weighted by Gasteiger charge is 2.27. The second-order valence-electron chi connectivity index (χ2n) is 7.45. The zero-order valence-corrected chi connectivity index (χ0v) is 16.5. The van der Waals surface area contributed by atoms with Gasteiger partial charge in [0.1, 0.15) is 5.82 Å². The number of aromatic nitrogens is 2. The highest BCUT2D eigenvalue weighted by molar-refractivity contribution is 5.63. The van der Waals surface area contributed by atoms with Crippen LogP contribution < -0.4 is 0 Å². The van der Waals surface area contributed by atoms with Crippen LogP contribution in [0, 0.1) is 12.7 Å². The van der Waals surface area contributed by atoms with Crippen molar-refractivity contribution in [1.82, 2.24) is 20.0 Å². The molecule has 1 unspecified atom stereocenters. The number of hydrogen-bond donors (Lipinski definition) is 1. The molecule has 0 spiro atoms. The lowest BCUT2D eigenvalue weighted by atomic mass is 9.94. The molecule has 0 saturated carbocycles. The van der Waals surface area contributed by atoms with Gasteiger partial charge in [0.2, 0.25) is 0 Å². The van der Waals surface area contributed by atoms with Crippen molar-refractivity contribution in [2.75, 3.05) is 32.7 Å². The van der Waals surface area contributed by atoms with Gasteiger partial charge in [-0.05, 0) is 42.3 Å². The van der Waals surface area contributed by atoms with E-state index >= 15 is 0 Å². The topological polar surface area (TPSA) is 35.2 Å². The molecule has 0 radical (unpaired) electrons. The average Bonchev–Trinajstić information content (AvgIpc) is 3.15. The van der Waals surface area contributed by atoms with E-state index in [4.69, 9.17) is 0 Å². The van der Waals surface area contributed by atoms with E-state index < -0.39 is 0 Å². The van der Waals surface area contributed by atoms with Crippen molar-refractivity contribution in [3.8, 4) is 11.1 Å². The Balaban J connectivity index is 1.63. The molecule has 0 amide bonds. The number of nitrogens with zero attached hydrogens (tertiary/aromatic N) is 3. The smallest absolute Gasteiger partial charge is 0.123 e. The second-order valence-corrected chi connectivity index (χ2v) is 7.45. The quantitative estimate of drug-likeness (QED) is 0.721. The molecule has 1 fully saturated rings. The molecule has 1 atom stereocenters. The van der Waals surface area contributed by atoms with Crippen LogP contribution in [0.2, 0.25) is 0 Å². The molecule has 1 aromatic heterocycles. The Morgan fingerprint density at radius 3 is 2.11 bits per heavy atom. The monoisotopic (exact) mass is 378 g/mol. The minimum Gasteiger partial charge on any atom is -0.301 e. The molecule has 4 nitrogen and oxygen atoms in total. The Kier molecular flexibility index (Phi) is 5.55. The summed E-state index contributed by atoms with van der Waals surface area (Å²) in [4.78, 5) is 5.05. The number of benzene rings is 2. The van der Waals surface area contributed by atoms with Crippen LogP contribution >= 0.6 is 0 Å². The molecular formula is C23H27FN4. The van der Waals surface area contributed by atoms with Crippen LogP contribution in [0.3, 0.4) is 0 Å². The van der Waals surface area contributed by atoms with Crippen molar-refractivity contribution >= 4 is 0 Å². The normalized spacial score (nSPS) is 17.0. The van der Waals surface area contributed by atoms with Gasteiger partial charge in [-0.25, -0.2) is 4.39 Å². The first-order valence-corrected chi connectivity index (χ1v) is 9.98. The summed E-state index contributed by atoms with van der Waals surface area (Å²) in [6, 6.07) is 15.5. The van der Waals surface area contributed by atoms with Gasteiger partial charge in [-0.1, -0.05) is 43.3 Å². The van der Waals surface area contributed by atoms with Gasteiger partial charge in [0.25, 0.3) is 0 Å². The number of hydrogen-bond acceptors (Lipinski definition) is 3. The van der Waals surface area contributed by atoms with E-state index in [0.717, 1.165) is 49.5 Å². The number of aryl methyl sites for hydroxylation is 1. The number of rotatable bonds is 5. The van der Waals surface area contributed by atoms with E-state index in [1.807, 2.05) is 18.3 Å². The Bertz CT molecular complexity index is 893. The maximum Gasteiger partial charge on any atom is 0.123 e. The van der Waals surface area contributed by atoms with E-state index in [0.29, 0.717) is 0 Å². The summed E-state index contributed by atoms with van der Waals surface area (Å²) in [7, 11) is 0. The van der Waals surface area contributed by atoms with Crippen LogP contribution in [0.5, 0.6) is 0 Å². The molecule has 3 aromatic rings. The standard InChI is InChI=1S/C23H27FN4/c1-3-27-12-14-28(15-13-27)23(22-16-25-26-17(22)2)20-6-4-18(5-7-20)19-8-10-21(24)11-9-19/h4-11,16,23H,3,12-15H2,1-2H3,(H,25,26). The lowest BCUT2D eigenvalue weighted by Gasteiger charge is -2.39. The predicted molar refractivity (Wildman–Crippen MR) is 111 cm³/mol. The summed E-state index contributed by atoms with van der Waals surface area (Å²) in [5.74, 6) is -0.206. The van der Waals surface area contributed by atoms with Crippen molar-refractivity contribution in [1.29, 1.82) is 0 Å². The van der Waals surface area contributed by atoms with E-state index in [1.54, 1.807) is 0 Å². The van der Waals surface area contributed by atoms with Gasteiger partial charge in [0.05, 0.1) is 12.2 Å². The first-order chi connectivity index (χ1) is 13.7. The third-order valence-electron chi connectivity index (χ3n) is 5.79. The second kappa shape index (κ2) is 8.25. The van der Waals surface area contributed by atoms with Crippen molar-refractivity contribution in [3.05, 3.63) is 77.4 Å². The molecule has 0 bridgehead atoms. The fourth-order valence-electron chi connectivity index (χ4n) is 4.06. The summed E-state index contributed by atoms with van der Waals surface area (Å²) >= 11 is 0. The van der Waals surface area contributed by atoms with E-state index in [9.17, 15) is 4.39 Å². The molecular weight excluding hydrogens is 351 g/mol. The van der Waals surface area contributed by atoms with Gasteiger partial charge in [-0.2, -0.15) is 5.10 Å². The Labute approximate surface area is 166 Å². The fraction of sp³-hybridized carbons (Fsp3) is 0.348. The summed E-state index contributed by atoms with van der Waals surface area (Å²) in [5.41, 5.74) is 5.74. The molecule has 1 aliphatic heterocycles. The molecule has 1 saturated heterocycles. The van der Waals surface area contributed by atoms with Crippen LogP contribution in [0.15, 0.2) is 54.7 Å². The Morgan fingerprint density at radius 2 is 1.57 bits per heavy atom. The van der Waals surface area contributed by atoms with Gasteiger partial charge in [0.15, 0.2) is 0 Å². The Hall–Kier alpha value is -2.50. The van der Waals surface area contributed by atoms with Gasteiger partial charge >= 0.3 is 0 Å². The lowest BCUT2D eigenvalue weighted by molar-refractivity contribution is 0.113. The highest BCUT2D eigenvalue weighted by atomic mass is 19.1. The fourth-order valence-corrected chi connectivity index (χ4v) is 4.06. The zero-order chi connectivity index (χ0) is 19.5. The lowest BCUT2D eigenvalue weighted by Crippen LogP contribution is -2.47. The third kappa shape index (κ3) is 3.86. The minimum absolute atomic E-state index is 0.194. The molecule has 1 N–H and O–H groups in total. The molecule has 28 heavy (non-hydrogen) atoms. The summed E-state index contributed by atoms with van der Waals surface area (Å²) in [6.07, 6.45) is 1.96. The number of aromatic amines is 1. The molecule has 146 valence electrons. The average molecular weight is 378 g/mol. The number of nitrogens with one attached hydrogen (secondary N) is 1. The number of likely N-dealkylation sites (N-methyl/N-ethyl adjacent to an activating group) is 1. The molecule has 4 rings (SSSR count). The Morgan fingerprint density at radius 1 is 0.964 bits per heavy atom.